The number of rotatable bonds is 6. The molecule has 1 N–H and O–H groups in total. The predicted octanol–water partition coefficient (Wildman–Crippen LogP) is 4.36. The highest BCUT2D eigenvalue weighted by Crippen LogP contribution is 2.24. The molecule has 2 aromatic carbocycles. The van der Waals surface area contributed by atoms with E-state index in [4.69, 9.17) is 4.74 Å². The lowest BCUT2D eigenvalue weighted by molar-refractivity contribution is -0.116. The van der Waals surface area contributed by atoms with E-state index in [0.29, 0.717) is 56.4 Å². The Morgan fingerprint density at radius 2 is 1.85 bits per heavy atom. The molecular weight excluding hydrogens is 343 g/mol. The Morgan fingerprint density at radius 3 is 2.48 bits per heavy atom. The molecule has 1 fully saturated rings. The number of anilines is 2. The van der Waals surface area contributed by atoms with Crippen LogP contribution in [0.1, 0.15) is 37.3 Å². The van der Waals surface area contributed by atoms with Crippen molar-refractivity contribution < 1.29 is 13.9 Å². The van der Waals surface area contributed by atoms with Crippen molar-refractivity contribution in [1.82, 2.24) is 0 Å². The number of morpholine rings is 1. The summed E-state index contributed by atoms with van der Waals surface area (Å²) in [6.07, 6.45) is 1.03. The first-order valence-electron chi connectivity index (χ1n) is 9.54. The fourth-order valence-electron chi connectivity index (χ4n) is 3.20. The van der Waals surface area contributed by atoms with Crippen molar-refractivity contribution in [3.05, 3.63) is 59.4 Å². The normalized spacial score (nSPS) is 14.4. The molecule has 1 heterocycles. The molecular formula is C22H27FN2O2. The predicted molar refractivity (Wildman–Crippen MR) is 107 cm³/mol. The summed E-state index contributed by atoms with van der Waals surface area (Å²) in [4.78, 5) is 14.2. The highest BCUT2D eigenvalue weighted by Gasteiger charge is 2.15. The first-order valence-corrected chi connectivity index (χ1v) is 9.54. The molecule has 0 radical (unpaired) electrons. The van der Waals surface area contributed by atoms with Gasteiger partial charge in [-0.25, -0.2) is 4.39 Å². The van der Waals surface area contributed by atoms with Crippen LogP contribution in [0.25, 0.3) is 0 Å². The summed E-state index contributed by atoms with van der Waals surface area (Å²) in [5, 5.41) is 2.79. The summed E-state index contributed by atoms with van der Waals surface area (Å²) in [6.45, 7) is 6.89. The Kier molecular flexibility index (Phi) is 6.45. The molecule has 2 aromatic rings. The highest BCUT2D eigenvalue weighted by atomic mass is 19.1. The van der Waals surface area contributed by atoms with Crippen LogP contribution in [0, 0.1) is 5.82 Å². The van der Waals surface area contributed by atoms with Crippen LogP contribution >= 0.6 is 0 Å². The lowest BCUT2D eigenvalue weighted by Crippen LogP contribution is -2.36. The Balaban J connectivity index is 1.53. The molecule has 144 valence electrons. The average Bonchev–Trinajstić information content (AvgIpc) is 2.67. The number of benzene rings is 2. The van der Waals surface area contributed by atoms with Gasteiger partial charge in [0.15, 0.2) is 0 Å². The number of ether oxygens (including phenoxy) is 1. The number of carbonyl (C=O) groups is 1. The second-order valence-corrected chi connectivity index (χ2v) is 7.21. The van der Waals surface area contributed by atoms with Crippen molar-refractivity contribution in [2.75, 3.05) is 36.5 Å². The van der Waals surface area contributed by atoms with E-state index >= 15 is 0 Å². The molecule has 0 spiro atoms. The highest BCUT2D eigenvalue weighted by molar-refractivity contribution is 5.91. The van der Waals surface area contributed by atoms with E-state index in [9.17, 15) is 9.18 Å². The lowest BCUT2D eigenvalue weighted by Gasteiger charge is -2.29. The summed E-state index contributed by atoms with van der Waals surface area (Å²) < 4.78 is 19.7. The second kappa shape index (κ2) is 9.00. The number of amides is 1. The lowest BCUT2D eigenvalue weighted by atomic mass is 10.0. The summed E-state index contributed by atoms with van der Waals surface area (Å²) in [5.41, 5.74) is 3.47. The van der Waals surface area contributed by atoms with Gasteiger partial charge in [-0.3, -0.25) is 4.79 Å². The van der Waals surface area contributed by atoms with E-state index in [-0.39, 0.29) is 11.7 Å². The van der Waals surface area contributed by atoms with Crippen molar-refractivity contribution in [2.24, 2.45) is 0 Å². The number of aryl methyl sites for hydroxylation is 1. The van der Waals surface area contributed by atoms with Crippen molar-refractivity contribution in [3.8, 4) is 0 Å². The molecule has 1 aliphatic heterocycles. The zero-order valence-corrected chi connectivity index (χ0v) is 16.0. The molecule has 3 rings (SSSR count). The molecule has 4 nitrogen and oxygen atoms in total. The van der Waals surface area contributed by atoms with Gasteiger partial charge in [0.05, 0.1) is 18.9 Å². The maximum Gasteiger partial charge on any atom is 0.224 e. The number of carbonyl (C=O) groups excluding carboxylic acids is 1. The standard InChI is InChI=1S/C22H27FN2O2/c1-16(2)18-6-3-17(4-7-18)5-10-22(26)24-19-8-9-21(20(23)15-19)25-11-13-27-14-12-25/h3-4,6-9,15-16H,5,10-14H2,1-2H3,(H,24,26). The molecule has 1 amide bonds. The van der Waals surface area contributed by atoms with Gasteiger partial charge in [-0.15, -0.1) is 0 Å². The van der Waals surface area contributed by atoms with Crippen LogP contribution in [-0.4, -0.2) is 32.2 Å². The number of halogens is 1. The van der Waals surface area contributed by atoms with Gasteiger partial charge in [-0.05, 0) is 41.7 Å². The van der Waals surface area contributed by atoms with Crippen LogP contribution in [0.4, 0.5) is 15.8 Å². The third kappa shape index (κ3) is 5.30. The Morgan fingerprint density at radius 1 is 1.15 bits per heavy atom. The minimum absolute atomic E-state index is 0.110. The van der Waals surface area contributed by atoms with Gasteiger partial charge in [0.1, 0.15) is 5.82 Å². The van der Waals surface area contributed by atoms with Crippen molar-refractivity contribution in [3.63, 3.8) is 0 Å². The Bertz CT molecular complexity index is 768. The fraction of sp³-hybridized carbons (Fsp3) is 0.409. The Hall–Kier alpha value is -2.40. The molecule has 0 unspecified atom stereocenters. The largest absolute Gasteiger partial charge is 0.378 e. The van der Waals surface area contributed by atoms with E-state index < -0.39 is 0 Å². The number of nitrogens with zero attached hydrogens (tertiary/aromatic N) is 1. The van der Waals surface area contributed by atoms with E-state index in [2.05, 4.69) is 43.4 Å². The van der Waals surface area contributed by atoms with Crippen molar-refractivity contribution in [1.29, 1.82) is 0 Å². The van der Waals surface area contributed by atoms with Gasteiger partial charge in [-0.1, -0.05) is 38.1 Å². The minimum atomic E-state index is -0.320. The molecule has 27 heavy (non-hydrogen) atoms. The maximum atomic E-state index is 14.4. The quantitative estimate of drug-likeness (QED) is 0.822. The van der Waals surface area contributed by atoms with E-state index in [1.54, 1.807) is 12.1 Å². The van der Waals surface area contributed by atoms with Crippen LogP contribution in [-0.2, 0) is 16.0 Å². The topological polar surface area (TPSA) is 41.6 Å². The molecule has 1 saturated heterocycles. The monoisotopic (exact) mass is 370 g/mol. The third-order valence-corrected chi connectivity index (χ3v) is 4.87. The van der Waals surface area contributed by atoms with Gasteiger partial charge >= 0.3 is 0 Å². The minimum Gasteiger partial charge on any atom is -0.378 e. The van der Waals surface area contributed by atoms with Gasteiger partial charge in [0, 0.05) is 25.2 Å². The van der Waals surface area contributed by atoms with Gasteiger partial charge in [-0.2, -0.15) is 0 Å². The maximum absolute atomic E-state index is 14.4. The third-order valence-electron chi connectivity index (χ3n) is 4.87. The number of nitrogens with one attached hydrogen (secondary N) is 1. The average molecular weight is 370 g/mol. The van der Waals surface area contributed by atoms with Crippen LogP contribution in [0.3, 0.4) is 0 Å². The molecule has 0 saturated carbocycles. The molecule has 1 aliphatic rings. The zero-order chi connectivity index (χ0) is 19.2. The van der Waals surface area contributed by atoms with Gasteiger partial charge in [0.25, 0.3) is 0 Å². The number of hydrogen-bond acceptors (Lipinski definition) is 3. The first-order chi connectivity index (χ1) is 13.0. The molecule has 0 aromatic heterocycles. The van der Waals surface area contributed by atoms with Crippen molar-refractivity contribution >= 4 is 17.3 Å². The first kappa shape index (κ1) is 19.4. The molecule has 5 heteroatoms. The van der Waals surface area contributed by atoms with Crippen LogP contribution in [0.15, 0.2) is 42.5 Å². The summed E-state index contributed by atoms with van der Waals surface area (Å²) in [7, 11) is 0. The Labute approximate surface area is 160 Å². The van der Waals surface area contributed by atoms with Gasteiger partial charge in [0.2, 0.25) is 5.91 Å². The summed E-state index contributed by atoms with van der Waals surface area (Å²) >= 11 is 0. The SMILES string of the molecule is CC(C)c1ccc(CCC(=O)Nc2ccc(N3CCOCC3)c(F)c2)cc1. The number of hydrogen-bond donors (Lipinski definition) is 1. The molecule has 0 atom stereocenters. The van der Waals surface area contributed by atoms with E-state index in [1.165, 1.54) is 11.6 Å². The fourth-order valence-corrected chi connectivity index (χ4v) is 3.20. The van der Waals surface area contributed by atoms with Crippen molar-refractivity contribution in [2.45, 2.75) is 32.6 Å². The summed E-state index contributed by atoms with van der Waals surface area (Å²) in [5.74, 6) is 0.0677. The summed E-state index contributed by atoms with van der Waals surface area (Å²) in [6, 6.07) is 13.2. The molecule has 0 bridgehead atoms. The molecule has 0 aliphatic carbocycles. The van der Waals surface area contributed by atoms with E-state index in [0.717, 1.165) is 5.56 Å². The second-order valence-electron chi connectivity index (χ2n) is 7.21. The van der Waals surface area contributed by atoms with Crippen LogP contribution in [0.5, 0.6) is 0 Å². The smallest absolute Gasteiger partial charge is 0.224 e. The van der Waals surface area contributed by atoms with E-state index in [1.807, 2.05) is 4.90 Å². The zero-order valence-electron chi connectivity index (χ0n) is 16.0. The van der Waals surface area contributed by atoms with Crippen LogP contribution < -0.4 is 10.2 Å². The van der Waals surface area contributed by atoms with Gasteiger partial charge < -0.3 is 15.0 Å². The van der Waals surface area contributed by atoms with Crippen LogP contribution in [0.2, 0.25) is 0 Å².